The number of fused-ring (bicyclic) bond motifs is 1. The molecule has 128 valence electrons. The Hall–Kier alpha value is -3.11. The van der Waals surface area contributed by atoms with Crippen LogP contribution in [0.15, 0.2) is 63.9 Å². The highest BCUT2D eigenvalue weighted by atomic mass is 79.9. The maximum Gasteiger partial charge on any atom is 0.277 e. The summed E-state index contributed by atoms with van der Waals surface area (Å²) in [6.07, 6.45) is 0. The third-order valence-corrected chi connectivity index (χ3v) is 4.96. The van der Waals surface area contributed by atoms with Crippen molar-refractivity contribution in [3.63, 3.8) is 0 Å². The van der Waals surface area contributed by atoms with E-state index in [1.165, 1.54) is 4.68 Å². The quantitative estimate of drug-likeness (QED) is 0.682. The fourth-order valence-corrected chi connectivity index (χ4v) is 3.72. The number of benzene rings is 2. The van der Waals surface area contributed by atoms with Gasteiger partial charge in [-0.3, -0.25) is 14.7 Å². The number of nitrogens with one attached hydrogen (secondary N) is 2. The molecular weight excluding hydrogens is 396 g/mol. The van der Waals surface area contributed by atoms with Crippen LogP contribution in [0.5, 0.6) is 0 Å². The zero-order chi connectivity index (χ0) is 18.3. The predicted molar refractivity (Wildman–Crippen MR) is 100 cm³/mol. The van der Waals surface area contributed by atoms with E-state index < -0.39 is 17.7 Å². The Morgan fingerprint density at radius 3 is 2.54 bits per heavy atom. The van der Waals surface area contributed by atoms with Gasteiger partial charge >= 0.3 is 0 Å². The average molecular weight is 409 g/mol. The van der Waals surface area contributed by atoms with Crippen LogP contribution in [0.4, 0.5) is 5.82 Å². The lowest BCUT2D eigenvalue weighted by molar-refractivity contribution is -0.119. The Bertz CT molecular complexity index is 1090. The normalized spacial score (nSPS) is 18.7. The summed E-state index contributed by atoms with van der Waals surface area (Å²) in [6.45, 7) is 0. The number of aromatic nitrogens is 2. The van der Waals surface area contributed by atoms with Gasteiger partial charge in [-0.2, -0.15) is 5.26 Å². The van der Waals surface area contributed by atoms with E-state index in [-0.39, 0.29) is 5.56 Å². The Morgan fingerprint density at radius 1 is 1.08 bits per heavy atom. The predicted octanol–water partition coefficient (Wildman–Crippen LogP) is 3.15. The molecule has 2 heterocycles. The number of hydrogen-bond acceptors (Lipinski definition) is 3. The zero-order valence-electron chi connectivity index (χ0n) is 13.4. The van der Waals surface area contributed by atoms with Crippen LogP contribution in [0.3, 0.4) is 0 Å². The number of carbonyl (C=O) groups excluding carboxylic acids is 1. The van der Waals surface area contributed by atoms with E-state index in [1.807, 2.05) is 48.5 Å². The fourth-order valence-electron chi connectivity index (χ4n) is 3.30. The average Bonchev–Trinajstić information content (AvgIpc) is 2.97. The van der Waals surface area contributed by atoms with Gasteiger partial charge in [-0.05, 0) is 29.8 Å². The molecule has 4 rings (SSSR count). The summed E-state index contributed by atoms with van der Waals surface area (Å²) in [5.74, 6) is -1.72. The number of H-pyrrole nitrogens is 1. The number of para-hydroxylation sites is 1. The molecule has 1 aliphatic heterocycles. The lowest BCUT2D eigenvalue weighted by atomic mass is 9.79. The molecule has 0 unspecified atom stereocenters. The van der Waals surface area contributed by atoms with E-state index in [2.05, 4.69) is 26.3 Å². The van der Waals surface area contributed by atoms with Crippen LogP contribution in [0.2, 0.25) is 0 Å². The van der Waals surface area contributed by atoms with Crippen LogP contribution in [0.1, 0.15) is 17.0 Å². The molecule has 0 radical (unpaired) electrons. The summed E-state index contributed by atoms with van der Waals surface area (Å²) in [7, 11) is 0. The largest absolute Gasteiger partial charge is 0.310 e. The molecule has 2 aromatic carbocycles. The molecule has 2 atom stereocenters. The second-order valence-electron chi connectivity index (χ2n) is 6.01. The fraction of sp³-hybridized carbons (Fsp3) is 0.105. The maximum atomic E-state index is 13.1. The van der Waals surface area contributed by atoms with Gasteiger partial charge in [-0.15, -0.1) is 0 Å². The van der Waals surface area contributed by atoms with Crippen molar-refractivity contribution in [2.75, 3.05) is 5.32 Å². The van der Waals surface area contributed by atoms with E-state index in [0.29, 0.717) is 17.1 Å². The molecule has 26 heavy (non-hydrogen) atoms. The minimum atomic E-state index is -0.982. The van der Waals surface area contributed by atoms with Crippen LogP contribution >= 0.6 is 15.9 Å². The van der Waals surface area contributed by atoms with Crippen molar-refractivity contribution >= 4 is 27.7 Å². The highest BCUT2D eigenvalue weighted by Crippen LogP contribution is 2.38. The van der Waals surface area contributed by atoms with E-state index in [4.69, 9.17) is 0 Å². The number of anilines is 1. The zero-order valence-corrected chi connectivity index (χ0v) is 15.0. The Labute approximate surface area is 157 Å². The second-order valence-corrected chi connectivity index (χ2v) is 6.92. The van der Waals surface area contributed by atoms with Crippen molar-refractivity contribution in [1.29, 1.82) is 5.26 Å². The molecule has 7 heteroatoms. The highest BCUT2D eigenvalue weighted by molar-refractivity contribution is 9.10. The third kappa shape index (κ3) is 2.55. The Balaban J connectivity index is 1.96. The Morgan fingerprint density at radius 2 is 1.85 bits per heavy atom. The molecule has 6 nitrogen and oxygen atoms in total. The number of nitriles is 1. The molecular formula is C19H13BrN4O2. The molecule has 3 aromatic rings. The van der Waals surface area contributed by atoms with Gasteiger partial charge in [0.1, 0.15) is 11.7 Å². The van der Waals surface area contributed by atoms with Crippen LogP contribution in [-0.2, 0) is 4.79 Å². The Kier molecular flexibility index (Phi) is 3.98. The number of halogens is 1. The molecule has 0 aliphatic carbocycles. The van der Waals surface area contributed by atoms with Crippen LogP contribution in [0.25, 0.3) is 5.69 Å². The standard InChI is InChI=1S/C19H13BrN4O2/c20-12-6-4-5-11(9-12)15-14(10-21)18(25)22-17-16(15)19(26)24(23-17)13-7-2-1-3-8-13/h1-9,14-15,23H,(H,22,25)/t14-,15+/m1/s1. The van der Waals surface area contributed by atoms with Crippen LogP contribution in [0, 0.1) is 17.2 Å². The first-order chi connectivity index (χ1) is 12.6. The molecule has 0 saturated carbocycles. The third-order valence-electron chi connectivity index (χ3n) is 4.46. The molecule has 0 fully saturated rings. The molecule has 1 aliphatic rings. The van der Waals surface area contributed by atoms with Gasteiger partial charge < -0.3 is 5.32 Å². The van der Waals surface area contributed by atoms with Gasteiger partial charge in [0.2, 0.25) is 5.91 Å². The van der Waals surface area contributed by atoms with E-state index >= 15 is 0 Å². The number of amides is 1. The minimum absolute atomic E-state index is 0.281. The first kappa shape index (κ1) is 16.4. The second kappa shape index (κ2) is 6.32. The van der Waals surface area contributed by atoms with Crippen molar-refractivity contribution in [1.82, 2.24) is 9.78 Å². The van der Waals surface area contributed by atoms with Gasteiger partial charge in [0, 0.05) is 10.4 Å². The van der Waals surface area contributed by atoms with Crippen LogP contribution in [-0.4, -0.2) is 15.7 Å². The van der Waals surface area contributed by atoms with Crippen molar-refractivity contribution < 1.29 is 4.79 Å². The van der Waals surface area contributed by atoms with Gasteiger partial charge in [0.15, 0.2) is 0 Å². The summed E-state index contributed by atoms with van der Waals surface area (Å²) < 4.78 is 2.20. The van der Waals surface area contributed by atoms with E-state index in [0.717, 1.165) is 10.0 Å². The lowest BCUT2D eigenvalue weighted by Gasteiger charge is -2.26. The number of aromatic amines is 1. The van der Waals surface area contributed by atoms with Crippen molar-refractivity contribution in [3.05, 3.63) is 80.6 Å². The molecule has 0 bridgehead atoms. The van der Waals surface area contributed by atoms with Gasteiger partial charge in [-0.1, -0.05) is 46.3 Å². The summed E-state index contributed by atoms with van der Waals surface area (Å²) in [5.41, 5.74) is 1.50. The molecule has 2 N–H and O–H groups in total. The first-order valence-corrected chi connectivity index (χ1v) is 8.75. The maximum absolute atomic E-state index is 13.1. The topological polar surface area (TPSA) is 90.7 Å². The number of hydrogen-bond donors (Lipinski definition) is 2. The SMILES string of the molecule is N#C[C@H]1C(=O)Nc2[nH]n(-c3ccccc3)c(=O)c2[C@H]1c1cccc(Br)c1. The molecule has 0 spiro atoms. The molecule has 1 aromatic heterocycles. The van der Waals surface area contributed by atoms with E-state index in [1.54, 1.807) is 12.1 Å². The summed E-state index contributed by atoms with van der Waals surface area (Å²) in [6, 6.07) is 18.5. The van der Waals surface area contributed by atoms with Gasteiger partial charge in [-0.25, -0.2) is 4.68 Å². The minimum Gasteiger partial charge on any atom is -0.310 e. The lowest BCUT2D eigenvalue weighted by Crippen LogP contribution is -2.35. The smallest absolute Gasteiger partial charge is 0.277 e. The highest BCUT2D eigenvalue weighted by Gasteiger charge is 2.41. The van der Waals surface area contributed by atoms with Gasteiger partial charge in [0.05, 0.1) is 17.3 Å². The van der Waals surface area contributed by atoms with Crippen molar-refractivity contribution in [2.24, 2.45) is 5.92 Å². The van der Waals surface area contributed by atoms with E-state index in [9.17, 15) is 14.9 Å². The van der Waals surface area contributed by atoms with Crippen molar-refractivity contribution in [2.45, 2.75) is 5.92 Å². The summed E-state index contributed by atoms with van der Waals surface area (Å²) >= 11 is 3.41. The van der Waals surface area contributed by atoms with Gasteiger partial charge in [0.25, 0.3) is 5.56 Å². The monoisotopic (exact) mass is 408 g/mol. The molecule has 0 saturated heterocycles. The van der Waals surface area contributed by atoms with Crippen LogP contribution < -0.4 is 10.9 Å². The number of carbonyl (C=O) groups is 1. The first-order valence-electron chi connectivity index (χ1n) is 7.96. The number of nitrogens with zero attached hydrogens (tertiary/aromatic N) is 2. The number of rotatable bonds is 2. The van der Waals surface area contributed by atoms with Crippen molar-refractivity contribution in [3.8, 4) is 11.8 Å². The summed E-state index contributed by atoms with van der Waals surface area (Å²) in [4.78, 5) is 25.5. The summed E-state index contributed by atoms with van der Waals surface area (Å²) in [5, 5.41) is 15.2. The molecule has 1 amide bonds.